The van der Waals surface area contributed by atoms with Crippen molar-refractivity contribution < 1.29 is 9.53 Å². The molecule has 0 radical (unpaired) electrons. The minimum Gasteiger partial charge on any atom is -0.444 e. The lowest BCUT2D eigenvalue weighted by Crippen LogP contribution is -2.41. The van der Waals surface area contributed by atoms with Crippen LogP contribution in [0.25, 0.3) is 0 Å². The van der Waals surface area contributed by atoms with E-state index in [9.17, 15) is 4.79 Å². The van der Waals surface area contributed by atoms with Crippen molar-refractivity contribution in [2.75, 3.05) is 6.54 Å². The molecule has 1 atom stereocenters. The molecule has 0 spiro atoms. The monoisotopic (exact) mass is 211 g/mol. The van der Waals surface area contributed by atoms with E-state index >= 15 is 0 Å². The van der Waals surface area contributed by atoms with Gasteiger partial charge in [0.2, 0.25) is 0 Å². The molecule has 0 saturated heterocycles. The average Bonchev–Trinajstić information content (AvgIpc) is 2.10. The second kappa shape index (κ2) is 5.59. The van der Waals surface area contributed by atoms with Gasteiger partial charge >= 0.3 is 6.09 Å². The molecule has 3 heteroatoms. The van der Waals surface area contributed by atoms with Gasteiger partial charge in [-0.3, -0.25) is 4.90 Å². The molecule has 0 N–H and O–H groups in total. The maximum atomic E-state index is 11.8. The normalized spacial score (nSPS) is 12.8. The Morgan fingerprint density at radius 1 is 1.47 bits per heavy atom. The fourth-order valence-corrected chi connectivity index (χ4v) is 0.994. The SMILES string of the molecule is C=CCN(C(=O)OC(C)(C)C)C(C)C=C. The lowest BCUT2D eigenvalue weighted by Gasteiger charge is -2.29. The first kappa shape index (κ1) is 13.8. The van der Waals surface area contributed by atoms with Gasteiger partial charge in [-0.25, -0.2) is 4.79 Å². The third-order valence-corrected chi connectivity index (χ3v) is 1.79. The highest BCUT2D eigenvalue weighted by molar-refractivity contribution is 5.69. The van der Waals surface area contributed by atoms with Crippen LogP contribution in [-0.2, 0) is 4.74 Å². The number of carbonyl (C=O) groups excluding carboxylic acids is 1. The number of nitrogens with zero attached hydrogens (tertiary/aromatic N) is 1. The van der Waals surface area contributed by atoms with Crippen LogP contribution in [0.2, 0.25) is 0 Å². The van der Waals surface area contributed by atoms with Crippen molar-refractivity contribution in [2.24, 2.45) is 0 Å². The summed E-state index contributed by atoms with van der Waals surface area (Å²) in [5.74, 6) is 0. The molecular weight excluding hydrogens is 190 g/mol. The number of ether oxygens (including phenoxy) is 1. The second-order valence-electron chi connectivity index (χ2n) is 4.40. The largest absolute Gasteiger partial charge is 0.444 e. The smallest absolute Gasteiger partial charge is 0.411 e. The zero-order chi connectivity index (χ0) is 12.1. The molecule has 3 nitrogen and oxygen atoms in total. The molecule has 0 aromatic carbocycles. The molecule has 15 heavy (non-hydrogen) atoms. The summed E-state index contributed by atoms with van der Waals surface area (Å²) in [4.78, 5) is 13.3. The van der Waals surface area contributed by atoms with E-state index in [1.165, 1.54) is 0 Å². The highest BCUT2D eigenvalue weighted by Crippen LogP contribution is 2.12. The van der Waals surface area contributed by atoms with E-state index in [2.05, 4.69) is 13.2 Å². The predicted octanol–water partition coefficient (Wildman–Crippen LogP) is 2.98. The van der Waals surface area contributed by atoms with Crippen molar-refractivity contribution in [1.82, 2.24) is 4.90 Å². The van der Waals surface area contributed by atoms with E-state index in [-0.39, 0.29) is 12.1 Å². The Labute approximate surface area is 92.4 Å². The molecule has 86 valence electrons. The van der Waals surface area contributed by atoms with Crippen LogP contribution in [0.3, 0.4) is 0 Å². The molecular formula is C12H21NO2. The summed E-state index contributed by atoms with van der Waals surface area (Å²) in [6, 6.07) is -0.0575. The van der Waals surface area contributed by atoms with Gasteiger partial charge in [0.1, 0.15) is 5.60 Å². The van der Waals surface area contributed by atoms with Crippen LogP contribution in [0.15, 0.2) is 25.3 Å². The highest BCUT2D eigenvalue weighted by atomic mass is 16.6. The fourth-order valence-electron chi connectivity index (χ4n) is 0.994. The molecule has 0 aliphatic carbocycles. The lowest BCUT2D eigenvalue weighted by atomic mass is 10.2. The van der Waals surface area contributed by atoms with Gasteiger partial charge in [-0.2, -0.15) is 0 Å². The van der Waals surface area contributed by atoms with E-state index in [0.29, 0.717) is 6.54 Å². The molecule has 0 saturated carbocycles. The van der Waals surface area contributed by atoms with Crippen LogP contribution < -0.4 is 0 Å². The molecule has 1 amide bonds. The number of amides is 1. The summed E-state index contributed by atoms with van der Waals surface area (Å²) in [6.45, 7) is 15.1. The molecule has 0 fully saturated rings. The van der Waals surface area contributed by atoms with Gasteiger partial charge in [-0.15, -0.1) is 13.2 Å². The Balaban J connectivity index is 4.55. The maximum absolute atomic E-state index is 11.8. The quantitative estimate of drug-likeness (QED) is 0.669. The van der Waals surface area contributed by atoms with Crippen LogP contribution in [0.4, 0.5) is 4.79 Å². The lowest BCUT2D eigenvalue weighted by molar-refractivity contribution is 0.0237. The first-order valence-electron chi connectivity index (χ1n) is 5.05. The van der Waals surface area contributed by atoms with Crippen molar-refractivity contribution in [1.29, 1.82) is 0 Å². The van der Waals surface area contributed by atoms with Gasteiger partial charge in [0, 0.05) is 6.54 Å². The zero-order valence-corrected chi connectivity index (χ0v) is 10.1. The van der Waals surface area contributed by atoms with Crippen LogP contribution in [0, 0.1) is 0 Å². The maximum Gasteiger partial charge on any atom is 0.411 e. The summed E-state index contributed by atoms with van der Waals surface area (Å²) in [6.07, 6.45) is 3.03. The Hall–Kier alpha value is -1.25. The second-order valence-corrected chi connectivity index (χ2v) is 4.40. The van der Waals surface area contributed by atoms with Gasteiger partial charge in [-0.05, 0) is 27.7 Å². The summed E-state index contributed by atoms with van der Waals surface area (Å²) in [5, 5.41) is 0. The summed E-state index contributed by atoms with van der Waals surface area (Å²) < 4.78 is 5.27. The highest BCUT2D eigenvalue weighted by Gasteiger charge is 2.23. The van der Waals surface area contributed by atoms with Crippen LogP contribution in [0.1, 0.15) is 27.7 Å². The zero-order valence-electron chi connectivity index (χ0n) is 10.1. The van der Waals surface area contributed by atoms with Gasteiger partial charge in [0.05, 0.1) is 6.04 Å². The minimum absolute atomic E-state index is 0.0575. The topological polar surface area (TPSA) is 29.5 Å². The summed E-state index contributed by atoms with van der Waals surface area (Å²) in [5.41, 5.74) is -0.475. The van der Waals surface area contributed by atoms with Gasteiger partial charge in [0.15, 0.2) is 0 Å². The van der Waals surface area contributed by atoms with Crippen molar-refractivity contribution in [2.45, 2.75) is 39.3 Å². The Morgan fingerprint density at radius 3 is 2.33 bits per heavy atom. The van der Waals surface area contributed by atoms with Crippen molar-refractivity contribution in [3.8, 4) is 0 Å². The van der Waals surface area contributed by atoms with Crippen molar-refractivity contribution >= 4 is 6.09 Å². The van der Waals surface area contributed by atoms with Crippen LogP contribution in [0.5, 0.6) is 0 Å². The Morgan fingerprint density at radius 2 is 2.00 bits per heavy atom. The fraction of sp³-hybridized carbons (Fsp3) is 0.583. The van der Waals surface area contributed by atoms with E-state index < -0.39 is 5.60 Å². The predicted molar refractivity (Wildman–Crippen MR) is 62.8 cm³/mol. The first-order chi connectivity index (χ1) is 6.81. The van der Waals surface area contributed by atoms with Crippen molar-refractivity contribution in [3.05, 3.63) is 25.3 Å². The molecule has 0 heterocycles. The summed E-state index contributed by atoms with van der Waals surface area (Å²) in [7, 11) is 0. The third-order valence-electron chi connectivity index (χ3n) is 1.79. The molecule has 0 bridgehead atoms. The molecule has 0 aliphatic heterocycles. The summed E-state index contributed by atoms with van der Waals surface area (Å²) >= 11 is 0. The van der Waals surface area contributed by atoms with E-state index in [0.717, 1.165) is 0 Å². The van der Waals surface area contributed by atoms with Crippen molar-refractivity contribution in [3.63, 3.8) is 0 Å². The number of hydrogen-bond donors (Lipinski definition) is 0. The van der Waals surface area contributed by atoms with E-state index in [4.69, 9.17) is 4.74 Å². The van der Waals surface area contributed by atoms with Gasteiger partial charge in [0.25, 0.3) is 0 Å². The standard InChI is InChI=1S/C12H21NO2/c1-7-9-13(10(3)8-2)11(14)15-12(4,5)6/h7-8,10H,1-2,9H2,3-6H3. The Kier molecular flexibility index (Phi) is 5.12. The van der Waals surface area contributed by atoms with Crippen LogP contribution >= 0.6 is 0 Å². The number of hydrogen-bond acceptors (Lipinski definition) is 2. The molecule has 0 aromatic heterocycles. The van der Waals surface area contributed by atoms with E-state index in [1.54, 1.807) is 17.1 Å². The van der Waals surface area contributed by atoms with Gasteiger partial charge in [-0.1, -0.05) is 12.2 Å². The van der Waals surface area contributed by atoms with Gasteiger partial charge < -0.3 is 4.74 Å². The van der Waals surface area contributed by atoms with Crippen LogP contribution in [-0.4, -0.2) is 29.2 Å². The minimum atomic E-state index is -0.475. The number of rotatable bonds is 4. The molecule has 0 aliphatic rings. The molecule has 0 aromatic rings. The third kappa shape index (κ3) is 5.25. The first-order valence-corrected chi connectivity index (χ1v) is 5.05. The average molecular weight is 211 g/mol. The Bertz CT molecular complexity index is 240. The number of carbonyl (C=O) groups is 1. The molecule has 1 unspecified atom stereocenters. The van der Waals surface area contributed by atoms with E-state index in [1.807, 2.05) is 27.7 Å². The molecule has 0 rings (SSSR count).